The van der Waals surface area contributed by atoms with E-state index < -0.39 is 120 Å². The first-order valence-corrected chi connectivity index (χ1v) is 42.5. The summed E-state index contributed by atoms with van der Waals surface area (Å²) in [4.78, 5) is 4.68. The number of benzene rings is 19. The molecule has 2 aliphatic carbocycles. The van der Waals surface area contributed by atoms with Gasteiger partial charge in [0.2, 0.25) is 0 Å². The lowest BCUT2D eigenvalue weighted by Gasteiger charge is -2.46. The summed E-state index contributed by atoms with van der Waals surface area (Å²) < 4.78 is 157. The van der Waals surface area contributed by atoms with E-state index in [1.54, 1.807) is 9.13 Å². The quantitative estimate of drug-likeness (QED) is 0.113. The predicted molar refractivity (Wildman–Crippen MR) is 524 cm³/mol. The van der Waals surface area contributed by atoms with Crippen LogP contribution >= 0.6 is 0 Å². The summed E-state index contributed by atoms with van der Waals surface area (Å²) >= 11 is 0. The highest BCUT2D eigenvalue weighted by Gasteiger charge is 2.50. The molecule has 0 radical (unpaired) electrons. The molecule has 125 heavy (non-hydrogen) atoms. The van der Waals surface area contributed by atoms with Crippen LogP contribution in [0.15, 0.2) is 449 Å². The number of anilines is 6. The number of fused-ring (bicyclic) bond motifs is 16. The highest BCUT2D eigenvalue weighted by Crippen LogP contribution is 2.61. The summed E-state index contributed by atoms with van der Waals surface area (Å²) in [6, 6.07) is 116. The van der Waals surface area contributed by atoms with Gasteiger partial charge in [-0.3, -0.25) is 0 Å². The number of hydrogen-bond acceptors (Lipinski definition) is 2. The molecule has 0 saturated heterocycles. The Morgan fingerprint density at radius 1 is 0.248 bits per heavy atom. The zero-order valence-electron chi connectivity index (χ0n) is 84.4. The molecule has 2 aliphatic heterocycles. The molecular formula is C120H83BN4. The molecule has 21 aromatic rings. The van der Waals surface area contributed by atoms with E-state index in [1.807, 2.05) is 72.8 Å². The first-order chi connectivity index (χ1) is 68.3. The van der Waals surface area contributed by atoms with Crippen LogP contribution in [0.25, 0.3) is 122 Å². The molecular weight excluding hydrogens is 1510 g/mol. The molecule has 4 heterocycles. The molecule has 2 aromatic heterocycles. The third kappa shape index (κ3) is 10.7. The van der Waals surface area contributed by atoms with Gasteiger partial charge in [0, 0.05) is 66.8 Å². The molecule has 0 fully saturated rings. The van der Waals surface area contributed by atoms with Crippen LogP contribution in [0.4, 0.5) is 34.1 Å². The van der Waals surface area contributed by atoms with Gasteiger partial charge in [0.25, 0.3) is 6.71 Å². The number of para-hydroxylation sites is 4. The topological polar surface area (TPSA) is 16.3 Å². The van der Waals surface area contributed by atoms with Gasteiger partial charge in [-0.25, -0.2) is 0 Å². The lowest BCUT2D eigenvalue weighted by molar-refractivity contribution is 0.590. The van der Waals surface area contributed by atoms with Crippen LogP contribution in [0.2, 0.25) is 0 Å². The Bertz CT molecular complexity index is 8260. The number of hydrogen-bond donors (Lipinski definition) is 0. The largest absolute Gasteiger partial charge is 0.311 e. The van der Waals surface area contributed by atoms with Crippen molar-refractivity contribution in [2.75, 3.05) is 9.80 Å². The second-order valence-electron chi connectivity index (χ2n) is 34.1. The van der Waals surface area contributed by atoms with Crippen LogP contribution in [0.1, 0.15) is 92.8 Å². The lowest BCUT2D eigenvalue weighted by atomic mass is 9.33. The smallest absolute Gasteiger partial charge is 0.252 e. The van der Waals surface area contributed by atoms with Crippen LogP contribution in [0, 0.1) is 0 Å². The fourth-order valence-electron chi connectivity index (χ4n) is 21.3. The summed E-state index contributed by atoms with van der Waals surface area (Å²) in [5.41, 5.74) is 25.4. The number of nitrogens with zero attached hydrogens (tertiary/aromatic N) is 4. The highest BCUT2D eigenvalue weighted by atomic mass is 15.2. The van der Waals surface area contributed by atoms with Gasteiger partial charge < -0.3 is 18.9 Å². The van der Waals surface area contributed by atoms with Crippen molar-refractivity contribution in [1.82, 2.24) is 9.13 Å². The standard InChI is InChI=1S/C120H83BN4/c1-118(2,3)88-74-115-117-116(75-88)125(112-73-81(79-36-12-5-13-37-79)59-65-92(112)83-61-67-104-100(71-83)94-47-23-29-53-102(94)120(104,86-42-18-8-19-43-86)87-44-20-9-21-45-87)114-77-90(123-109-56-32-26-50-97(109)98-51-27-33-57-110(98)123)63-69-106(114)121(117)105-68-62-89(122-107-54-30-24-48-95(107)96-49-25-31-55-108(96)122)76-113(105)124(115)111-72-80(78-34-10-4-11-35-78)58-64-91(111)82-60-66-103-99(70-82)93-46-22-28-52-101(93)119(103,84-38-14-6-15-39-84)85-40-16-7-17-41-85/h4-77H,1-3H3/i24D,25D,26D,27D,30D,31D,32D,33D,48D,49D,50D,51D,54D,55D,56D,57D. The zero-order valence-corrected chi connectivity index (χ0v) is 68.4. The van der Waals surface area contributed by atoms with Gasteiger partial charge in [-0.2, -0.15) is 0 Å². The lowest BCUT2D eigenvalue weighted by Crippen LogP contribution is -2.61. The van der Waals surface area contributed by atoms with Crippen molar-refractivity contribution >= 4 is 101 Å². The normalized spacial score (nSPS) is 15.4. The molecule has 5 heteroatoms. The van der Waals surface area contributed by atoms with Gasteiger partial charge in [-0.1, -0.05) is 384 Å². The maximum Gasteiger partial charge on any atom is 0.252 e. The third-order valence-corrected chi connectivity index (χ3v) is 26.7. The van der Waals surface area contributed by atoms with Crippen LogP contribution < -0.4 is 26.2 Å². The molecule has 0 unspecified atom stereocenters. The summed E-state index contributed by atoms with van der Waals surface area (Å²) in [5.74, 6) is 0. The van der Waals surface area contributed by atoms with Gasteiger partial charge >= 0.3 is 0 Å². The molecule has 4 nitrogen and oxygen atoms in total. The molecule has 19 aromatic carbocycles. The minimum atomic E-state index is -0.812. The van der Waals surface area contributed by atoms with Crippen molar-refractivity contribution in [3.8, 4) is 78.1 Å². The first kappa shape index (κ1) is 57.6. The van der Waals surface area contributed by atoms with E-state index in [-0.39, 0.29) is 43.6 Å². The molecule has 25 rings (SSSR count). The van der Waals surface area contributed by atoms with E-state index in [1.165, 1.54) is 0 Å². The minimum absolute atomic E-state index is 0.0610. The van der Waals surface area contributed by atoms with E-state index >= 15 is 0 Å². The number of rotatable bonds is 12. The monoisotopic (exact) mass is 1610 g/mol. The summed E-state index contributed by atoms with van der Waals surface area (Å²) in [5, 5.41) is -0.328. The first-order valence-electron chi connectivity index (χ1n) is 50.5. The van der Waals surface area contributed by atoms with Gasteiger partial charge in [0.15, 0.2) is 0 Å². The Morgan fingerprint density at radius 2 is 0.568 bits per heavy atom. The van der Waals surface area contributed by atoms with Crippen molar-refractivity contribution in [2.45, 2.75) is 37.0 Å². The maximum atomic E-state index is 10.0. The predicted octanol–water partition coefficient (Wildman–Crippen LogP) is 28.7. The maximum absolute atomic E-state index is 10.0. The van der Waals surface area contributed by atoms with Crippen LogP contribution in [-0.4, -0.2) is 15.8 Å². The number of aromatic nitrogens is 2. The summed E-state index contributed by atoms with van der Waals surface area (Å²) in [6.45, 7) is 5.77. The van der Waals surface area contributed by atoms with Crippen LogP contribution in [-0.2, 0) is 16.2 Å². The fraction of sp³-hybridized carbons (Fsp3) is 0.0500. The van der Waals surface area contributed by atoms with Gasteiger partial charge in [0.1, 0.15) is 0 Å². The van der Waals surface area contributed by atoms with Crippen molar-refractivity contribution in [2.24, 2.45) is 0 Å². The fourth-order valence-corrected chi connectivity index (χ4v) is 21.3. The average molecular weight is 1610 g/mol. The zero-order chi connectivity index (χ0) is 96.7. The molecule has 0 spiro atoms. The van der Waals surface area contributed by atoms with E-state index in [9.17, 15) is 21.9 Å². The van der Waals surface area contributed by atoms with Crippen molar-refractivity contribution in [3.63, 3.8) is 0 Å². The van der Waals surface area contributed by atoms with Crippen molar-refractivity contribution in [3.05, 3.63) is 499 Å². The Kier molecular flexibility index (Phi) is 12.9. The molecule has 4 aliphatic rings. The second kappa shape index (κ2) is 28.0. The molecule has 586 valence electrons. The van der Waals surface area contributed by atoms with Gasteiger partial charge in [-0.05, 0) is 212 Å². The molecule has 0 amide bonds. The molecule has 0 N–H and O–H groups in total. The van der Waals surface area contributed by atoms with Gasteiger partial charge in [0.05, 0.1) is 66.2 Å². The highest BCUT2D eigenvalue weighted by molar-refractivity contribution is 7.00. The molecule has 0 saturated carbocycles. The third-order valence-electron chi connectivity index (χ3n) is 26.7. The average Bonchev–Trinajstić information content (AvgIpc) is 1.47. The Hall–Kier alpha value is -15.6. The van der Waals surface area contributed by atoms with Crippen LogP contribution in [0.5, 0.6) is 0 Å². The van der Waals surface area contributed by atoms with E-state index in [0.717, 1.165) is 156 Å². The molecule has 0 bridgehead atoms. The second-order valence-corrected chi connectivity index (χ2v) is 34.1. The van der Waals surface area contributed by atoms with Crippen molar-refractivity contribution < 1.29 is 21.9 Å². The van der Waals surface area contributed by atoms with Gasteiger partial charge in [-0.15, -0.1) is 0 Å². The Labute approximate surface area is 751 Å². The van der Waals surface area contributed by atoms with Crippen LogP contribution in [0.3, 0.4) is 0 Å². The Balaban J connectivity index is 0.837. The summed E-state index contributed by atoms with van der Waals surface area (Å²) in [7, 11) is 0. The van der Waals surface area contributed by atoms with Crippen molar-refractivity contribution in [1.29, 1.82) is 0 Å². The Morgan fingerprint density at radius 3 is 0.928 bits per heavy atom. The minimum Gasteiger partial charge on any atom is -0.311 e. The SMILES string of the molecule is [2H]c1c([2H])c([2H])c2c(c1[2H])c1c([2H])c([2H])c([2H])c([2H])c1n2-c1ccc2c(c1)N(c1cc(-c3ccccc3)ccc1-c1ccc3c(c1)-c1ccccc1C3(c1ccccc1)c1ccccc1)c1cc(C(C)(C)C)cc3c1B2c1ccc(-n2c4c([2H])c([2H])c([2H])c([2H])c4c4c([2H])c([2H])c([2H])c([2H])c42)cc1N3c1cc(-c2ccccc2)ccc1-c1ccc2c(c1)-c1ccccc1C2(c1ccccc1)c1ccccc1. The summed E-state index contributed by atoms with van der Waals surface area (Å²) in [6.07, 6.45) is 0. The van der Waals surface area contributed by atoms with E-state index in [2.05, 4.69) is 310 Å². The molecule has 0 atom stereocenters. The van der Waals surface area contributed by atoms with E-state index in [0.29, 0.717) is 22.7 Å². The van der Waals surface area contributed by atoms with E-state index in [4.69, 9.17) is 0 Å².